The summed E-state index contributed by atoms with van der Waals surface area (Å²) >= 11 is 0. The molecule has 1 N–H and O–H groups in total. The predicted octanol–water partition coefficient (Wildman–Crippen LogP) is 5.71. The molecule has 36 heavy (non-hydrogen) atoms. The Morgan fingerprint density at radius 1 is 1.00 bits per heavy atom. The molecule has 0 aromatic heterocycles. The van der Waals surface area contributed by atoms with Gasteiger partial charge in [0.2, 0.25) is 0 Å². The molecule has 188 valence electrons. The number of ether oxygens (including phenoxy) is 1. The number of nitrogens with zero attached hydrogens (tertiary/aromatic N) is 1. The second kappa shape index (κ2) is 11.4. The van der Waals surface area contributed by atoms with E-state index in [1.54, 1.807) is 6.92 Å². The quantitative estimate of drug-likeness (QED) is 0.445. The fraction of sp³-hybridized carbons (Fsp3) is 0.355. The molecule has 0 aliphatic carbocycles. The van der Waals surface area contributed by atoms with Crippen LogP contribution in [0.4, 0.5) is 0 Å². The van der Waals surface area contributed by atoms with Gasteiger partial charge in [0.25, 0.3) is 11.8 Å². The van der Waals surface area contributed by atoms with Crippen molar-refractivity contribution >= 4 is 11.8 Å². The lowest BCUT2D eigenvalue weighted by Gasteiger charge is -2.38. The standard InChI is InChI=1S/C31H36N2O3/c1-21(2)15-17-32-30(34)23(4)36-27-14-13-24-16-18-33(31(35)25-10-6-5-7-11-25)29(28(24)20-27)26-12-8-9-22(3)19-26/h5-14,19-21,23,29H,15-18H2,1-4H3,(H,32,34)/t23-,29+/m0/s1. The number of carbonyl (C=O) groups excluding carboxylic acids is 2. The number of amides is 2. The fourth-order valence-corrected chi connectivity index (χ4v) is 4.72. The summed E-state index contributed by atoms with van der Waals surface area (Å²) in [7, 11) is 0. The number of nitrogens with one attached hydrogen (secondary N) is 1. The Morgan fingerprint density at radius 3 is 2.50 bits per heavy atom. The van der Waals surface area contributed by atoms with Gasteiger partial charge in [-0.2, -0.15) is 0 Å². The maximum absolute atomic E-state index is 13.6. The van der Waals surface area contributed by atoms with Crippen LogP contribution in [-0.2, 0) is 11.2 Å². The number of hydrogen-bond donors (Lipinski definition) is 1. The van der Waals surface area contributed by atoms with Gasteiger partial charge in [-0.1, -0.05) is 67.9 Å². The van der Waals surface area contributed by atoms with Gasteiger partial charge in [0, 0.05) is 18.7 Å². The number of benzene rings is 3. The van der Waals surface area contributed by atoms with Crippen molar-refractivity contribution in [3.63, 3.8) is 0 Å². The van der Waals surface area contributed by atoms with Crippen LogP contribution in [-0.4, -0.2) is 35.9 Å². The summed E-state index contributed by atoms with van der Waals surface area (Å²) in [6.45, 7) is 9.38. The summed E-state index contributed by atoms with van der Waals surface area (Å²) in [6.07, 6.45) is 1.08. The minimum absolute atomic E-state index is 0.0111. The zero-order valence-electron chi connectivity index (χ0n) is 21.7. The highest BCUT2D eigenvalue weighted by atomic mass is 16.5. The lowest BCUT2D eigenvalue weighted by molar-refractivity contribution is -0.127. The van der Waals surface area contributed by atoms with Crippen LogP contribution in [0.1, 0.15) is 65.8 Å². The largest absolute Gasteiger partial charge is 0.481 e. The highest BCUT2D eigenvalue weighted by Gasteiger charge is 2.33. The van der Waals surface area contributed by atoms with E-state index < -0.39 is 6.10 Å². The second-order valence-corrected chi connectivity index (χ2v) is 10.0. The van der Waals surface area contributed by atoms with E-state index in [1.165, 1.54) is 5.56 Å². The SMILES string of the molecule is Cc1cccc([C@@H]2c3cc(O[C@@H](C)C(=O)NCCC(C)C)ccc3CCN2C(=O)c2ccccc2)c1. The van der Waals surface area contributed by atoms with Gasteiger partial charge < -0.3 is 15.0 Å². The molecule has 4 rings (SSSR count). The van der Waals surface area contributed by atoms with E-state index in [0.717, 1.165) is 29.5 Å². The Balaban J connectivity index is 1.64. The van der Waals surface area contributed by atoms with Crippen molar-refractivity contribution in [1.82, 2.24) is 10.2 Å². The first-order valence-corrected chi connectivity index (χ1v) is 12.8. The van der Waals surface area contributed by atoms with Gasteiger partial charge in [-0.05, 0) is 73.6 Å². The molecule has 1 aliphatic rings. The second-order valence-electron chi connectivity index (χ2n) is 10.0. The van der Waals surface area contributed by atoms with Gasteiger partial charge in [0.05, 0.1) is 6.04 Å². The van der Waals surface area contributed by atoms with Crippen molar-refractivity contribution in [3.05, 3.63) is 101 Å². The van der Waals surface area contributed by atoms with Crippen LogP contribution in [0.5, 0.6) is 5.75 Å². The molecule has 0 saturated heterocycles. The summed E-state index contributed by atoms with van der Waals surface area (Å²) in [4.78, 5) is 28.1. The third-order valence-corrected chi connectivity index (χ3v) is 6.69. The van der Waals surface area contributed by atoms with Crippen LogP contribution in [0.3, 0.4) is 0 Å². The predicted molar refractivity (Wildman–Crippen MR) is 143 cm³/mol. The Hall–Kier alpha value is -3.60. The maximum atomic E-state index is 13.6. The van der Waals surface area contributed by atoms with Crippen molar-refractivity contribution < 1.29 is 14.3 Å². The van der Waals surface area contributed by atoms with Crippen molar-refractivity contribution in [3.8, 4) is 5.75 Å². The molecule has 3 aromatic rings. The molecule has 0 spiro atoms. The van der Waals surface area contributed by atoms with E-state index >= 15 is 0 Å². The molecule has 5 heteroatoms. The molecule has 0 radical (unpaired) electrons. The van der Waals surface area contributed by atoms with Gasteiger partial charge in [-0.3, -0.25) is 9.59 Å². The van der Waals surface area contributed by atoms with Crippen molar-refractivity contribution in [2.24, 2.45) is 5.92 Å². The van der Waals surface area contributed by atoms with E-state index in [2.05, 4.69) is 50.4 Å². The Bertz CT molecular complexity index is 1210. The summed E-state index contributed by atoms with van der Waals surface area (Å²) < 4.78 is 6.07. The summed E-state index contributed by atoms with van der Waals surface area (Å²) in [5.41, 5.74) is 5.13. The fourth-order valence-electron chi connectivity index (χ4n) is 4.72. The minimum atomic E-state index is -0.613. The van der Waals surface area contributed by atoms with Gasteiger partial charge in [-0.15, -0.1) is 0 Å². The van der Waals surface area contributed by atoms with Crippen LogP contribution < -0.4 is 10.1 Å². The van der Waals surface area contributed by atoms with Crippen LogP contribution in [0, 0.1) is 12.8 Å². The molecule has 2 amide bonds. The Morgan fingerprint density at radius 2 is 1.78 bits per heavy atom. The lowest BCUT2D eigenvalue weighted by Crippen LogP contribution is -2.40. The molecule has 0 saturated carbocycles. The van der Waals surface area contributed by atoms with Crippen molar-refractivity contribution in [2.45, 2.75) is 52.7 Å². The van der Waals surface area contributed by atoms with Gasteiger partial charge in [0.1, 0.15) is 5.75 Å². The first kappa shape index (κ1) is 25.5. The minimum Gasteiger partial charge on any atom is -0.481 e. The molecule has 0 bridgehead atoms. The zero-order valence-corrected chi connectivity index (χ0v) is 21.7. The maximum Gasteiger partial charge on any atom is 0.260 e. The molecule has 2 atom stereocenters. The summed E-state index contributed by atoms with van der Waals surface area (Å²) in [6, 6.07) is 23.5. The average molecular weight is 485 g/mol. The van der Waals surface area contributed by atoms with E-state index in [1.807, 2.05) is 53.4 Å². The molecule has 3 aromatic carbocycles. The summed E-state index contributed by atoms with van der Waals surface area (Å²) in [5.74, 6) is 1.05. The number of rotatable bonds is 8. The van der Waals surface area contributed by atoms with Crippen LogP contribution in [0.25, 0.3) is 0 Å². The number of aryl methyl sites for hydroxylation is 1. The topological polar surface area (TPSA) is 58.6 Å². The molecule has 5 nitrogen and oxygen atoms in total. The van der Waals surface area contributed by atoms with Gasteiger partial charge in [-0.25, -0.2) is 0 Å². The monoisotopic (exact) mass is 484 g/mol. The first-order valence-electron chi connectivity index (χ1n) is 12.8. The molecule has 0 fully saturated rings. The molecule has 1 heterocycles. The normalized spacial score (nSPS) is 15.8. The first-order chi connectivity index (χ1) is 17.3. The Labute approximate surface area is 214 Å². The highest BCUT2D eigenvalue weighted by molar-refractivity contribution is 5.95. The third kappa shape index (κ3) is 5.96. The van der Waals surface area contributed by atoms with E-state index in [9.17, 15) is 9.59 Å². The number of hydrogen-bond acceptors (Lipinski definition) is 3. The van der Waals surface area contributed by atoms with Crippen molar-refractivity contribution in [1.29, 1.82) is 0 Å². The van der Waals surface area contributed by atoms with Crippen LogP contribution in [0.15, 0.2) is 72.8 Å². The van der Waals surface area contributed by atoms with E-state index in [-0.39, 0.29) is 17.9 Å². The van der Waals surface area contributed by atoms with Crippen LogP contribution in [0.2, 0.25) is 0 Å². The molecular formula is C31H36N2O3. The molecule has 0 unspecified atom stereocenters. The van der Waals surface area contributed by atoms with Gasteiger partial charge in [0.15, 0.2) is 6.10 Å². The van der Waals surface area contributed by atoms with E-state index in [0.29, 0.717) is 30.3 Å². The smallest absolute Gasteiger partial charge is 0.260 e. The average Bonchev–Trinajstić information content (AvgIpc) is 2.87. The summed E-state index contributed by atoms with van der Waals surface area (Å²) in [5, 5.41) is 2.96. The van der Waals surface area contributed by atoms with Crippen molar-refractivity contribution in [2.75, 3.05) is 13.1 Å². The van der Waals surface area contributed by atoms with Gasteiger partial charge >= 0.3 is 0 Å². The zero-order chi connectivity index (χ0) is 25.7. The Kier molecular flexibility index (Phi) is 8.09. The number of carbonyl (C=O) groups is 2. The third-order valence-electron chi connectivity index (χ3n) is 6.69. The molecular weight excluding hydrogens is 448 g/mol. The van der Waals surface area contributed by atoms with E-state index in [4.69, 9.17) is 4.74 Å². The molecule has 1 aliphatic heterocycles. The van der Waals surface area contributed by atoms with Crippen LogP contribution >= 0.6 is 0 Å². The lowest BCUT2D eigenvalue weighted by atomic mass is 9.87. The number of fused-ring (bicyclic) bond motifs is 1. The highest BCUT2D eigenvalue weighted by Crippen LogP contribution is 2.38.